The van der Waals surface area contributed by atoms with Gasteiger partial charge in [0.15, 0.2) is 16.6 Å². The van der Waals surface area contributed by atoms with Gasteiger partial charge in [-0.1, -0.05) is 17.7 Å². The summed E-state index contributed by atoms with van der Waals surface area (Å²) in [5.74, 6) is 1.38. The van der Waals surface area contributed by atoms with E-state index in [9.17, 15) is 0 Å². The van der Waals surface area contributed by atoms with Crippen LogP contribution in [-0.4, -0.2) is 25.9 Å². The number of nitrogens with one attached hydrogen (secondary N) is 1. The first-order chi connectivity index (χ1) is 11.6. The Bertz CT molecular complexity index is 761. The zero-order valence-electron chi connectivity index (χ0n) is 14.3. The molecule has 0 unspecified atom stereocenters. The van der Waals surface area contributed by atoms with Crippen molar-refractivity contribution in [3.05, 3.63) is 47.5 Å². The van der Waals surface area contributed by atoms with E-state index in [1.807, 2.05) is 18.2 Å². The van der Waals surface area contributed by atoms with Gasteiger partial charge in [-0.2, -0.15) is 0 Å². The van der Waals surface area contributed by atoms with Gasteiger partial charge in [0.25, 0.3) is 0 Å². The quantitative estimate of drug-likeness (QED) is 0.847. The Balaban J connectivity index is 1.81. The van der Waals surface area contributed by atoms with Gasteiger partial charge >= 0.3 is 0 Å². The van der Waals surface area contributed by atoms with Crippen molar-refractivity contribution in [2.24, 2.45) is 0 Å². The smallest absolute Gasteiger partial charge is 0.177 e. The number of benzene rings is 2. The number of nitrogens with zero attached hydrogens (tertiary/aromatic N) is 1. The highest BCUT2D eigenvalue weighted by atomic mass is 32.1. The molecule has 3 rings (SSSR count). The van der Waals surface area contributed by atoms with Gasteiger partial charge in [0.05, 0.1) is 14.2 Å². The molecule has 1 N–H and O–H groups in total. The molecular formula is C19H22N2O2S. The van der Waals surface area contributed by atoms with Gasteiger partial charge in [-0.25, -0.2) is 0 Å². The average molecular weight is 342 g/mol. The predicted octanol–water partition coefficient (Wildman–Crippen LogP) is 4.16. The fraction of sp³-hybridized carbons (Fsp3) is 0.316. The van der Waals surface area contributed by atoms with Crippen LogP contribution in [0.2, 0.25) is 0 Å². The maximum Gasteiger partial charge on any atom is 0.177 e. The summed E-state index contributed by atoms with van der Waals surface area (Å²) in [6.45, 7) is 3.05. The maximum absolute atomic E-state index is 5.65. The van der Waals surface area contributed by atoms with Gasteiger partial charge in [-0.05, 0) is 55.7 Å². The Kier molecular flexibility index (Phi) is 4.90. The number of anilines is 2. The number of hydrogen-bond acceptors (Lipinski definition) is 3. The van der Waals surface area contributed by atoms with Crippen molar-refractivity contribution in [3.8, 4) is 11.5 Å². The van der Waals surface area contributed by atoms with Crippen LogP contribution in [0.4, 0.5) is 11.4 Å². The van der Waals surface area contributed by atoms with Crippen molar-refractivity contribution < 1.29 is 9.47 Å². The summed E-state index contributed by atoms with van der Waals surface area (Å²) in [5, 5.41) is 4.02. The first-order valence-electron chi connectivity index (χ1n) is 8.02. The van der Waals surface area contributed by atoms with E-state index in [0.717, 1.165) is 25.1 Å². The van der Waals surface area contributed by atoms with Gasteiger partial charge in [0.1, 0.15) is 0 Å². The molecule has 1 heterocycles. The van der Waals surface area contributed by atoms with Crippen LogP contribution in [-0.2, 0) is 6.42 Å². The van der Waals surface area contributed by atoms with Gasteiger partial charge < -0.3 is 19.7 Å². The van der Waals surface area contributed by atoms with Crippen LogP contribution in [0.25, 0.3) is 0 Å². The van der Waals surface area contributed by atoms with Gasteiger partial charge in [-0.15, -0.1) is 0 Å². The monoisotopic (exact) mass is 342 g/mol. The average Bonchev–Trinajstić information content (AvgIpc) is 2.60. The molecular weight excluding hydrogens is 320 g/mol. The van der Waals surface area contributed by atoms with E-state index in [1.54, 1.807) is 14.2 Å². The minimum absolute atomic E-state index is 0.681. The van der Waals surface area contributed by atoms with Crippen molar-refractivity contribution in [1.29, 1.82) is 0 Å². The Morgan fingerprint density at radius 2 is 1.88 bits per heavy atom. The molecule has 0 fully saturated rings. The topological polar surface area (TPSA) is 33.7 Å². The summed E-state index contributed by atoms with van der Waals surface area (Å²) < 4.78 is 10.6. The summed E-state index contributed by atoms with van der Waals surface area (Å²) in [4.78, 5) is 2.17. The fourth-order valence-electron chi connectivity index (χ4n) is 3.04. The predicted molar refractivity (Wildman–Crippen MR) is 103 cm³/mol. The molecule has 0 atom stereocenters. The second-order valence-electron chi connectivity index (χ2n) is 5.89. The summed E-state index contributed by atoms with van der Waals surface area (Å²) in [6, 6.07) is 12.2. The lowest BCUT2D eigenvalue weighted by Crippen LogP contribution is -2.38. The van der Waals surface area contributed by atoms with Crippen molar-refractivity contribution in [1.82, 2.24) is 0 Å². The van der Waals surface area contributed by atoms with Crippen molar-refractivity contribution in [2.45, 2.75) is 19.8 Å². The molecule has 2 aromatic carbocycles. The van der Waals surface area contributed by atoms with Crippen LogP contribution < -0.4 is 19.7 Å². The SMILES string of the molecule is COc1ccc(NC(=S)N2CCCc3cc(C)ccc32)cc1OC. The minimum atomic E-state index is 0.681. The van der Waals surface area contributed by atoms with E-state index in [-0.39, 0.29) is 0 Å². The maximum atomic E-state index is 5.65. The van der Waals surface area contributed by atoms with E-state index >= 15 is 0 Å². The van der Waals surface area contributed by atoms with Crippen molar-refractivity contribution >= 4 is 28.7 Å². The zero-order chi connectivity index (χ0) is 17.1. The molecule has 1 aliphatic rings. The number of methoxy groups -OCH3 is 2. The zero-order valence-corrected chi connectivity index (χ0v) is 15.1. The molecule has 0 radical (unpaired) electrons. The third-order valence-electron chi connectivity index (χ3n) is 4.23. The molecule has 0 amide bonds. The number of ether oxygens (including phenoxy) is 2. The summed E-state index contributed by atoms with van der Waals surface area (Å²) in [7, 11) is 3.26. The van der Waals surface area contributed by atoms with E-state index in [0.29, 0.717) is 16.6 Å². The molecule has 0 aromatic heterocycles. The molecule has 0 aliphatic carbocycles. The molecule has 1 aliphatic heterocycles. The Labute approximate surface area is 148 Å². The highest BCUT2D eigenvalue weighted by Gasteiger charge is 2.20. The van der Waals surface area contributed by atoms with Crippen LogP contribution in [0.5, 0.6) is 11.5 Å². The van der Waals surface area contributed by atoms with Crippen LogP contribution in [0.15, 0.2) is 36.4 Å². The number of hydrogen-bond donors (Lipinski definition) is 1. The highest BCUT2D eigenvalue weighted by molar-refractivity contribution is 7.80. The number of thiocarbonyl (C=S) groups is 1. The van der Waals surface area contributed by atoms with E-state index < -0.39 is 0 Å². The second-order valence-corrected chi connectivity index (χ2v) is 6.27. The number of fused-ring (bicyclic) bond motifs is 1. The molecule has 5 heteroatoms. The first kappa shape index (κ1) is 16.6. The summed E-state index contributed by atoms with van der Waals surface area (Å²) in [5.41, 5.74) is 4.73. The molecule has 4 nitrogen and oxygen atoms in total. The Morgan fingerprint density at radius 3 is 2.62 bits per heavy atom. The fourth-order valence-corrected chi connectivity index (χ4v) is 3.35. The lowest BCUT2D eigenvalue weighted by Gasteiger charge is -2.32. The third-order valence-corrected chi connectivity index (χ3v) is 4.56. The van der Waals surface area contributed by atoms with Crippen LogP contribution >= 0.6 is 12.2 Å². The minimum Gasteiger partial charge on any atom is -0.493 e. The molecule has 0 spiro atoms. The molecule has 2 aromatic rings. The van der Waals surface area contributed by atoms with Crippen molar-refractivity contribution in [3.63, 3.8) is 0 Å². The van der Waals surface area contributed by atoms with E-state index in [4.69, 9.17) is 21.7 Å². The number of aryl methyl sites for hydroxylation is 2. The largest absolute Gasteiger partial charge is 0.493 e. The van der Waals surface area contributed by atoms with Crippen molar-refractivity contribution in [2.75, 3.05) is 31.0 Å². The third kappa shape index (κ3) is 3.31. The summed E-state index contributed by atoms with van der Waals surface area (Å²) >= 11 is 5.65. The normalized spacial score (nSPS) is 13.2. The molecule has 0 saturated carbocycles. The lowest BCUT2D eigenvalue weighted by atomic mass is 10.00. The first-order valence-corrected chi connectivity index (χ1v) is 8.43. The van der Waals surface area contributed by atoms with Crippen LogP contribution in [0.3, 0.4) is 0 Å². The van der Waals surface area contributed by atoms with Gasteiger partial charge in [-0.3, -0.25) is 0 Å². The highest BCUT2D eigenvalue weighted by Crippen LogP contribution is 2.31. The standard InChI is InChI=1S/C19H22N2O2S/c1-13-6-8-16-14(11-13)5-4-10-21(16)19(24)20-15-7-9-17(22-2)18(12-15)23-3/h6-9,11-12H,4-5,10H2,1-3H3,(H,20,24). The Morgan fingerprint density at radius 1 is 1.08 bits per heavy atom. The van der Waals surface area contributed by atoms with Gasteiger partial charge in [0.2, 0.25) is 0 Å². The van der Waals surface area contributed by atoms with E-state index in [1.165, 1.54) is 16.8 Å². The van der Waals surface area contributed by atoms with Crippen LogP contribution in [0.1, 0.15) is 17.5 Å². The Hall–Kier alpha value is -2.27. The van der Waals surface area contributed by atoms with Gasteiger partial charge in [0, 0.05) is 24.0 Å². The number of rotatable bonds is 3. The summed E-state index contributed by atoms with van der Waals surface area (Å²) in [6.07, 6.45) is 2.21. The molecule has 24 heavy (non-hydrogen) atoms. The molecule has 126 valence electrons. The molecule has 0 saturated heterocycles. The second kappa shape index (κ2) is 7.09. The molecule has 0 bridgehead atoms. The van der Waals surface area contributed by atoms with E-state index in [2.05, 4.69) is 35.3 Å². The van der Waals surface area contributed by atoms with Crippen LogP contribution in [0, 0.1) is 6.92 Å². The lowest BCUT2D eigenvalue weighted by molar-refractivity contribution is 0.355.